The normalized spacial score (nSPS) is 11.4. The van der Waals surface area contributed by atoms with E-state index < -0.39 is 18.3 Å². The SMILES string of the molecule is NN=C(CO)C(=O)O. The van der Waals surface area contributed by atoms with E-state index in [1.165, 1.54) is 0 Å². The number of carboxylic acid groups (broad SMARTS) is 1. The quantitative estimate of drug-likeness (QED) is 0.230. The van der Waals surface area contributed by atoms with Gasteiger partial charge < -0.3 is 16.1 Å². The third-order valence-electron chi connectivity index (χ3n) is 0.552. The maximum atomic E-state index is 9.79. The minimum atomic E-state index is -1.30. The van der Waals surface area contributed by atoms with Crippen LogP contribution < -0.4 is 5.84 Å². The number of hydrogen-bond acceptors (Lipinski definition) is 4. The topological polar surface area (TPSA) is 95.9 Å². The van der Waals surface area contributed by atoms with Crippen LogP contribution in [0.5, 0.6) is 0 Å². The van der Waals surface area contributed by atoms with Crippen LogP contribution in [0.4, 0.5) is 0 Å². The Bertz CT molecular complexity index is 120. The highest BCUT2D eigenvalue weighted by Gasteiger charge is 2.04. The van der Waals surface area contributed by atoms with Crippen LogP contribution in [0.25, 0.3) is 0 Å². The first kappa shape index (κ1) is 6.90. The average molecular weight is 118 g/mol. The van der Waals surface area contributed by atoms with Crippen molar-refractivity contribution in [3.63, 3.8) is 0 Å². The Morgan fingerprint density at radius 3 is 2.25 bits per heavy atom. The molecule has 0 rings (SSSR count). The zero-order valence-corrected chi connectivity index (χ0v) is 4.03. The van der Waals surface area contributed by atoms with Gasteiger partial charge >= 0.3 is 5.97 Å². The Labute approximate surface area is 45.4 Å². The van der Waals surface area contributed by atoms with Crippen LogP contribution in [0.15, 0.2) is 5.10 Å². The third-order valence-corrected chi connectivity index (χ3v) is 0.552. The van der Waals surface area contributed by atoms with Gasteiger partial charge in [-0.1, -0.05) is 0 Å². The zero-order chi connectivity index (χ0) is 6.57. The van der Waals surface area contributed by atoms with Crippen LogP contribution in [0.1, 0.15) is 0 Å². The van der Waals surface area contributed by atoms with E-state index in [9.17, 15) is 4.79 Å². The second-order valence-electron chi connectivity index (χ2n) is 1.04. The van der Waals surface area contributed by atoms with Crippen molar-refractivity contribution in [1.82, 2.24) is 0 Å². The van der Waals surface area contributed by atoms with E-state index in [1.54, 1.807) is 0 Å². The molecule has 8 heavy (non-hydrogen) atoms. The molecule has 0 aliphatic heterocycles. The summed E-state index contributed by atoms with van der Waals surface area (Å²) in [6.07, 6.45) is 0. The maximum absolute atomic E-state index is 9.79. The smallest absolute Gasteiger partial charge is 0.354 e. The Balaban J connectivity index is 3.92. The van der Waals surface area contributed by atoms with Gasteiger partial charge in [0.2, 0.25) is 0 Å². The van der Waals surface area contributed by atoms with E-state index in [-0.39, 0.29) is 0 Å². The van der Waals surface area contributed by atoms with Crippen molar-refractivity contribution in [3.05, 3.63) is 0 Å². The molecule has 0 aliphatic rings. The summed E-state index contributed by atoms with van der Waals surface area (Å²) in [5.41, 5.74) is -0.440. The number of nitrogens with zero attached hydrogens (tertiary/aromatic N) is 1. The van der Waals surface area contributed by atoms with Gasteiger partial charge in [-0.3, -0.25) is 0 Å². The summed E-state index contributed by atoms with van der Waals surface area (Å²) >= 11 is 0. The predicted octanol–water partition coefficient (Wildman–Crippen LogP) is -1.62. The Morgan fingerprint density at radius 2 is 2.25 bits per heavy atom. The number of hydrogen-bond donors (Lipinski definition) is 3. The molecule has 0 aromatic heterocycles. The molecule has 0 spiro atoms. The van der Waals surface area contributed by atoms with Crippen LogP contribution >= 0.6 is 0 Å². The van der Waals surface area contributed by atoms with Crippen molar-refractivity contribution < 1.29 is 15.0 Å². The summed E-state index contributed by atoms with van der Waals surface area (Å²) in [5.74, 6) is 3.24. The summed E-state index contributed by atoms with van der Waals surface area (Å²) in [4.78, 5) is 9.79. The van der Waals surface area contributed by atoms with Crippen molar-refractivity contribution in [2.45, 2.75) is 0 Å². The predicted molar refractivity (Wildman–Crippen MR) is 26.3 cm³/mol. The molecule has 0 aliphatic carbocycles. The van der Waals surface area contributed by atoms with Crippen molar-refractivity contribution in [2.24, 2.45) is 10.9 Å². The lowest BCUT2D eigenvalue weighted by molar-refractivity contribution is -0.129. The molecule has 0 saturated carbocycles. The van der Waals surface area contributed by atoms with Gasteiger partial charge in [0.1, 0.15) is 0 Å². The average Bonchev–Trinajstić information content (AvgIpc) is 1.69. The molecule has 0 atom stereocenters. The van der Waals surface area contributed by atoms with Gasteiger partial charge in [0.15, 0.2) is 5.71 Å². The highest BCUT2D eigenvalue weighted by atomic mass is 16.4. The van der Waals surface area contributed by atoms with Gasteiger partial charge in [0.25, 0.3) is 0 Å². The molecule has 5 nitrogen and oxygen atoms in total. The molecule has 0 unspecified atom stereocenters. The Morgan fingerprint density at radius 1 is 1.75 bits per heavy atom. The van der Waals surface area contributed by atoms with Gasteiger partial charge in [0.05, 0.1) is 6.61 Å². The van der Waals surface area contributed by atoms with Gasteiger partial charge in [-0.15, -0.1) is 0 Å². The molecule has 5 heteroatoms. The first-order valence-electron chi connectivity index (χ1n) is 1.83. The van der Waals surface area contributed by atoms with Crippen molar-refractivity contribution in [1.29, 1.82) is 0 Å². The summed E-state index contributed by atoms with van der Waals surface area (Å²) in [5, 5.41) is 18.9. The number of aliphatic carboxylic acids is 1. The van der Waals surface area contributed by atoms with Crippen LogP contribution in [-0.4, -0.2) is 28.5 Å². The second-order valence-corrected chi connectivity index (χ2v) is 1.04. The van der Waals surface area contributed by atoms with Gasteiger partial charge in [-0.2, -0.15) is 5.10 Å². The van der Waals surface area contributed by atoms with E-state index in [2.05, 4.69) is 10.9 Å². The van der Waals surface area contributed by atoms with Crippen molar-refractivity contribution >= 4 is 11.7 Å². The molecular weight excluding hydrogens is 112 g/mol. The van der Waals surface area contributed by atoms with Crippen LogP contribution in [0, 0.1) is 0 Å². The molecule has 4 N–H and O–H groups in total. The molecule has 0 aromatic rings. The minimum Gasteiger partial charge on any atom is -0.477 e. The van der Waals surface area contributed by atoms with Crippen molar-refractivity contribution in [3.8, 4) is 0 Å². The van der Waals surface area contributed by atoms with Gasteiger partial charge in [-0.05, 0) is 0 Å². The molecule has 46 valence electrons. The lowest BCUT2D eigenvalue weighted by Gasteiger charge is -1.88. The minimum absolute atomic E-state index is 0.440. The van der Waals surface area contributed by atoms with Crippen LogP contribution in [0.3, 0.4) is 0 Å². The van der Waals surface area contributed by atoms with Crippen molar-refractivity contribution in [2.75, 3.05) is 6.61 Å². The molecule has 0 radical (unpaired) electrons. The van der Waals surface area contributed by atoms with E-state index >= 15 is 0 Å². The first-order valence-corrected chi connectivity index (χ1v) is 1.83. The molecular formula is C3H6N2O3. The molecule has 0 amide bonds. The van der Waals surface area contributed by atoms with E-state index in [0.717, 1.165) is 0 Å². The molecule has 0 bridgehead atoms. The molecule has 0 heterocycles. The third kappa shape index (κ3) is 1.57. The fourth-order valence-electron chi connectivity index (χ4n) is 0.164. The molecule has 0 aromatic carbocycles. The number of aliphatic hydroxyl groups excluding tert-OH is 1. The number of aliphatic hydroxyl groups is 1. The Kier molecular flexibility index (Phi) is 2.57. The lowest BCUT2D eigenvalue weighted by atomic mass is 10.4. The first-order chi connectivity index (χ1) is 3.72. The monoisotopic (exact) mass is 118 g/mol. The zero-order valence-electron chi connectivity index (χ0n) is 4.03. The standard InChI is InChI=1S/C3H6N2O3/c4-5-2(1-6)3(7)8/h6H,1,4H2,(H,7,8). The summed E-state index contributed by atoms with van der Waals surface area (Å²) in [6, 6.07) is 0. The fourth-order valence-corrected chi connectivity index (χ4v) is 0.164. The summed E-state index contributed by atoms with van der Waals surface area (Å²) < 4.78 is 0. The number of carbonyl (C=O) groups is 1. The van der Waals surface area contributed by atoms with E-state index in [4.69, 9.17) is 10.2 Å². The van der Waals surface area contributed by atoms with E-state index in [1.807, 2.05) is 0 Å². The van der Waals surface area contributed by atoms with Crippen LogP contribution in [-0.2, 0) is 4.79 Å². The second kappa shape index (κ2) is 2.98. The Hall–Kier alpha value is -1.10. The van der Waals surface area contributed by atoms with Gasteiger partial charge in [-0.25, -0.2) is 4.79 Å². The molecule has 0 saturated heterocycles. The van der Waals surface area contributed by atoms with Crippen LogP contribution in [0.2, 0.25) is 0 Å². The lowest BCUT2D eigenvalue weighted by Crippen LogP contribution is -2.18. The summed E-state index contributed by atoms with van der Waals surface area (Å²) in [7, 11) is 0. The largest absolute Gasteiger partial charge is 0.477 e. The van der Waals surface area contributed by atoms with Gasteiger partial charge in [0, 0.05) is 0 Å². The summed E-state index contributed by atoms with van der Waals surface area (Å²) in [6.45, 7) is -0.633. The number of nitrogens with two attached hydrogens (primary N) is 1. The fraction of sp³-hybridized carbons (Fsp3) is 0.333. The number of hydrazone groups is 1. The number of rotatable bonds is 2. The number of carboxylic acids is 1. The highest BCUT2D eigenvalue weighted by Crippen LogP contribution is 1.70. The highest BCUT2D eigenvalue weighted by molar-refractivity contribution is 6.36. The van der Waals surface area contributed by atoms with E-state index in [0.29, 0.717) is 0 Å². The molecule has 0 fully saturated rings. The maximum Gasteiger partial charge on any atom is 0.354 e.